The number of benzene rings is 1. The average Bonchev–Trinajstić information content (AvgIpc) is 2.43. The van der Waals surface area contributed by atoms with Crippen molar-refractivity contribution in [2.24, 2.45) is 0 Å². The molecule has 1 aliphatic heterocycles. The minimum Gasteiger partial charge on any atom is -0.497 e. The lowest BCUT2D eigenvalue weighted by atomic mass is 9.98. The molecule has 0 spiro atoms. The van der Waals surface area contributed by atoms with E-state index in [4.69, 9.17) is 9.47 Å². The van der Waals surface area contributed by atoms with E-state index in [0.29, 0.717) is 6.61 Å². The molecule has 1 aromatic carbocycles. The van der Waals surface area contributed by atoms with Gasteiger partial charge in [0.05, 0.1) is 13.7 Å². The van der Waals surface area contributed by atoms with E-state index in [9.17, 15) is 0 Å². The van der Waals surface area contributed by atoms with Crippen LogP contribution >= 0.6 is 0 Å². The molecule has 18 heavy (non-hydrogen) atoms. The first kappa shape index (κ1) is 12.7. The first-order valence-electron chi connectivity index (χ1n) is 6.05. The molecule has 3 heteroatoms. The third-order valence-corrected chi connectivity index (χ3v) is 3.18. The number of rotatable bonds is 4. The van der Waals surface area contributed by atoms with Crippen molar-refractivity contribution in [1.29, 1.82) is 0 Å². The Hall–Kier alpha value is -1.74. The zero-order chi connectivity index (χ0) is 13.0. The smallest absolute Gasteiger partial charge is 0.119 e. The van der Waals surface area contributed by atoms with E-state index >= 15 is 0 Å². The summed E-state index contributed by atoms with van der Waals surface area (Å²) in [6.45, 7) is 4.43. The van der Waals surface area contributed by atoms with Crippen LogP contribution in [0.25, 0.3) is 0 Å². The van der Waals surface area contributed by atoms with Gasteiger partial charge in [-0.25, -0.2) is 0 Å². The Balaban J connectivity index is 2.27. The summed E-state index contributed by atoms with van der Waals surface area (Å²) >= 11 is 0. The maximum absolute atomic E-state index is 5.24. The minimum absolute atomic E-state index is 0.595. The van der Waals surface area contributed by atoms with Crippen LogP contribution in [0.5, 0.6) is 5.75 Å². The first-order chi connectivity index (χ1) is 8.78. The predicted octanol–water partition coefficient (Wildman–Crippen LogP) is 3.14. The van der Waals surface area contributed by atoms with E-state index < -0.39 is 0 Å². The topological polar surface area (TPSA) is 30.5 Å². The summed E-state index contributed by atoms with van der Waals surface area (Å²) in [4.78, 5) is 0. The highest BCUT2D eigenvalue weighted by molar-refractivity contribution is 5.61. The number of allylic oxidation sites excluding steroid dienone is 1. The molecular formula is C15H19NO2. The van der Waals surface area contributed by atoms with Gasteiger partial charge in [-0.3, -0.25) is 0 Å². The Morgan fingerprint density at radius 3 is 2.89 bits per heavy atom. The highest BCUT2D eigenvalue weighted by atomic mass is 16.5. The monoisotopic (exact) mass is 245 g/mol. The second-order valence-corrected chi connectivity index (χ2v) is 4.29. The molecule has 0 aliphatic carbocycles. The number of nitrogens with one attached hydrogen (secondary N) is 1. The number of aryl methyl sites for hydroxylation is 1. The fraction of sp³-hybridized carbons (Fsp3) is 0.333. The van der Waals surface area contributed by atoms with Crippen LogP contribution < -0.4 is 10.1 Å². The Kier molecular flexibility index (Phi) is 4.05. The number of ether oxygens (including phenoxy) is 2. The second kappa shape index (κ2) is 5.74. The van der Waals surface area contributed by atoms with Gasteiger partial charge in [-0.1, -0.05) is 12.7 Å². The largest absolute Gasteiger partial charge is 0.497 e. The summed E-state index contributed by atoms with van der Waals surface area (Å²) in [5, 5.41) is 3.46. The molecule has 0 saturated carbocycles. The van der Waals surface area contributed by atoms with Crippen molar-refractivity contribution in [3.05, 3.63) is 47.7 Å². The maximum Gasteiger partial charge on any atom is 0.119 e. The van der Waals surface area contributed by atoms with Crippen LogP contribution in [-0.2, 0) is 11.2 Å². The predicted molar refractivity (Wildman–Crippen MR) is 74.0 cm³/mol. The Labute approximate surface area is 108 Å². The van der Waals surface area contributed by atoms with Crippen molar-refractivity contribution < 1.29 is 9.47 Å². The van der Waals surface area contributed by atoms with Crippen molar-refractivity contribution in [3.8, 4) is 5.75 Å². The molecule has 96 valence electrons. The lowest BCUT2D eigenvalue weighted by Crippen LogP contribution is -2.13. The van der Waals surface area contributed by atoms with Gasteiger partial charge in [0.25, 0.3) is 0 Å². The quantitative estimate of drug-likeness (QED) is 0.884. The summed E-state index contributed by atoms with van der Waals surface area (Å²) in [7, 11) is 3.39. The van der Waals surface area contributed by atoms with Crippen molar-refractivity contribution in [2.45, 2.75) is 12.8 Å². The normalized spacial score (nSPS) is 16.6. The lowest BCUT2D eigenvalue weighted by Gasteiger charge is -2.23. The van der Waals surface area contributed by atoms with Crippen LogP contribution in [0, 0.1) is 0 Å². The molecule has 0 atom stereocenters. The standard InChI is InChI=1S/C15H19NO2/c1-4-11(10-17-2)14-7-5-12-9-13(18-3)6-8-15(12)16-14/h4,6,8-9,16H,1,5,7,10H2,2-3H3/b14-11+. The van der Waals surface area contributed by atoms with Gasteiger partial charge < -0.3 is 14.8 Å². The molecule has 0 amide bonds. The molecule has 0 fully saturated rings. The first-order valence-corrected chi connectivity index (χ1v) is 6.05. The van der Waals surface area contributed by atoms with Crippen LogP contribution in [-0.4, -0.2) is 20.8 Å². The average molecular weight is 245 g/mol. The van der Waals surface area contributed by atoms with Gasteiger partial charge in [0, 0.05) is 18.5 Å². The van der Waals surface area contributed by atoms with E-state index in [1.54, 1.807) is 14.2 Å². The van der Waals surface area contributed by atoms with Gasteiger partial charge in [-0.05, 0) is 42.2 Å². The van der Waals surface area contributed by atoms with Crippen molar-refractivity contribution >= 4 is 5.69 Å². The van der Waals surface area contributed by atoms with E-state index in [1.807, 2.05) is 12.1 Å². The summed E-state index contributed by atoms with van der Waals surface area (Å²) in [5.41, 5.74) is 4.76. The van der Waals surface area contributed by atoms with E-state index in [-0.39, 0.29) is 0 Å². The summed E-state index contributed by atoms with van der Waals surface area (Å²) in [6.07, 6.45) is 3.85. The van der Waals surface area contributed by atoms with Crippen LogP contribution in [0.15, 0.2) is 42.1 Å². The van der Waals surface area contributed by atoms with Crippen molar-refractivity contribution in [3.63, 3.8) is 0 Å². The Morgan fingerprint density at radius 1 is 1.39 bits per heavy atom. The molecule has 0 aromatic heterocycles. The molecule has 0 bridgehead atoms. The fourth-order valence-corrected chi connectivity index (χ4v) is 2.18. The lowest BCUT2D eigenvalue weighted by molar-refractivity contribution is 0.227. The summed E-state index contributed by atoms with van der Waals surface area (Å²) in [6, 6.07) is 6.11. The van der Waals surface area contributed by atoms with Crippen LogP contribution in [0.4, 0.5) is 5.69 Å². The van der Waals surface area contributed by atoms with Gasteiger partial charge in [0.1, 0.15) is 5.75 Å². The second-order valence-electron chi connectivity index (χ2n) is 4.29. The molecule has 1 N–H and O–H groups in total. The molecule has 1 aliphatic rings. The molecule has 0 radical (unpaired) electrons. The molecule has 0 saturated heterocycles. The van der Waals surface area contributed by atoms with Crippen molar-refractivity contribution in [1.82, 2.24) is 0 Å². The third-order valence-electron chi connectivity index (χ3n) is 3.18. The third kappa shape index (κ3) is 2.57. The van der Waals surface area contributed by atoms with E-state index in [2.05, 4.69) is 24.0 Å². The van der Waals surface area contributed by atoms with Gasteiger partial charge >= 0.3 is 0 Å². The van der Waals surface area contributed by atoms with Gasteiger partial charge in [-0.15, -0.1) is 0 Å². The molecular weight excluding hydrogens is 226 g/mol. The molecule has 3 nitrogen and oxygen atoms in total. The summed E-state index contributed by atoms with van der Waals surface area (Å²) < 4.78 is 10.4. The van der Waals surface area contributed by atoms with Gasteiger partial charge in [0.15, 0.2) is 0 Å². The van der Waals surface area contributed by atoms with Gasteiger partial charge in [-0.2, -0.15) is 0 Å². The molecule has 1 aromatic rings. The Morgan fingerprint density at radius 2 is 2.22 bits per heavy atom. The zero-order valence-electron chi connectivity index (χ0n) is 11.0. The number of hydrogen-bond acceptors (Lipinski definition) is 3. The molecule has 1 heterocycles. The van der Waals surface area contributed by atoms with Crippen LogP contribution in [0.3, 0.4) is 0 Å². The van der Waals surface area contributed by atoms with Crippen molar-refractivity contribution in [2.75, 3.05) is 26.1 Å². The summed E-state index contributed by atoms with van der Waals surface area (Å²) in [5.74, 6) is 0.906. The SMILES string of the molecule is C=C/C(COC)=C1/CCc2cc(OC)ccc2N1. The number of methoxy groups -OCH3 is 2. The highest BCUT2D eigenvalue weighted by Crippen LogP contribution is 2.31. The van der Waals surface area contributed by atoms with Crippen LogP contribution in [0.1, 0.15) is 12.0 Å². The Bertz CT molecular complexity index is 477. The minimum atomic E-state index is 0.595. The van der Waals surface area contributed by atoms with Gasteiger partial charge in [0.2, 0.25) is 0 Å². The molecule has 0 unspecified atom stereocenters. The van der Waals surface area contributed by atoms with E-state index in [0.717, 1.165) is 29.9 Å². The number of hydrogen-bond donors (Lipinski definition) is 1. The molecule has 2 rings (SSSR count). The number of fused-ring (bicyclic) bond motifs is 1. The van der Waals surface area contributed by atoms with E-state index in [1.165, 1.54) is 11.3 Å². The highest BCUT2D eigenvalue weighted by Gasteiger charge is 2.15. The number of anilines is 1. The van der Waals surface area contributed by atoms with Crippen LogP contribution in [0.2, 0.25) is 0 Å². The fourth-order valence-electron chi connectivity index (χ4n) is 2.18. The zero-order valence-corrected chi connectivity index (χ0v) is 11.0. The maximum atomic E-state index is 5.24.